The van der Waals surface area contributed by atoms with Crippen LogP contribution in [-0.2, 0) is 30.0 Å². The van der Waals surface area contributed by atoms with Gasteiger partial charge in [0.25, 0.3) is 0 Å². The van der Waals surface area contributed by atoms with Crippen molar-refractivity contribution < 1.29 is 18.3 Å². The fraction of sp³-hybridized carbons (Fsp3) is 0.438. The van der Waals surface area contributed by atoms with Crippen LogP contribution in [0.2, 0.25) is 0 Å². The quantitative estimate of drug-likeness (QED) is 0.883. The van der Waals surface area contributed by atoms with E-state index in [0.29, 0.717) is 12.2 Å². The van der Waals surface area contributed by atoms with Crippen molar-refractivity contribution >= 4 is 10.0 Å². The van der Waals surface area contributed by atoms with Crippen LogP contribution >= 0.6 is 0 Å². The number of hydrogen-bond donors (Lipinski definition) is 1. The lowest BCUT2D eigenvalue weighted by molar-refractivity contribution is 0.170. The number of nitrogens with zero attached hydrogens (tertiary/aromatic N) is 3. The molecule has 1 unspecified atom stereocenters. The Morgan fingerprint density at radius 3 is 2.83 bits per heavy atom. The number of fused-ring (bicyclic) bond motifs is 1. The molecule has 0 aliphatic carbocycles. The molecule has 0 saturated heterocycles. The third-order valence-electron chi connectivity index (χ3n) is 4.40. The molecule has 0 fully saturated rings. The topological polar surface area (TPSA) is 84.7 Å². The van der Waals surface area contributed by atoms with E-state index in [-0.39, 0.29) is 18.0 Å². The number of aromatic nitrogens is 2. The van der Waals surface area contributed by atoms with E-state index in [1.807, 2.05) is 18.5 Å². The highest BCUT2D eigenvalue weighted by molar-refractivity contribution is 7.89. The zero-order chi connectivity index (χ0) is 17.5. The number of rotatable bonds is 4. The maximum atomic E-state index is 13.2. The first-order valence-electron chi connectivity index (χ1n) is 7.65. The summed E-state index contributed by atoms with van der Waals surface area (Å²) in [5.74, 6) is 0.304. The minimum atomic E-state index is -3.82. The van der Waals surface area contributed by atoms with Gasteiger partial charge in [-0.25, -0.2) is 13.4 Å². The Balaban J connectivity index is 2.06. The van der Waals surface area contributed by atoms with Gasteiger partial charge >= 0.3 is 0 Å². The molecule has 0 spiro atoms. The van der Waals surface area contributed by atoms with Gasteiger partial charge < -0.3 is 14.4 Å². The number of benzene rings is 1. The molecule has 2 heterocycles. The smallest absolute Gasteiger partial charge is 0.247 e. The predicted octanol–water partition coefficient (Wildman–Crippen LogP) is 0.845. The lowest BCUT2D eigenvalue weighted by atomic mass is 10.1. The van der Waals surface area contributed by atoms with Gasteiger partial charge in [0.05, 0.1) is 38.3 Å². The van der Waals surface area contributed by atoms with E-state index >= 15 is 0 Å². The largest absolute Gasteiger partial charge is 0.495 e. The van der Waals surface area contributed by atoms with E-state index in [2.05, 4.69) is 4.98 Å². The molecule has 24 heavy (non-hydrogen) atoms. The number of methoxy groups -OCH3 is 1. The van der Waals surface area contributed by atoms with Crippen LogP contribution in [0.1, 0.15) is 17.0 Å². The van der Waals surface area contributed by atoms with Gasteiger partial charge in [0.15, 0.2) is 0 Å². The van der Waals surface area contributed by atoms with Crippen molar-refractivity contribution in [2.24, 2.45) is 7.05 Å². The molecule has 1 aromatic carbocycles. The van der Waals surface area contributed by atoms with Crippen LogP contribution in [0.25, 0.3) is 0 Å². The minimum absolute atomic E-state index is 0.105. The number of sulfonamides is 1. The third-order valence-corrected chi connectivity index (χ3v) is 6.34. The van der Waals surface area contributed by atoms with Crippen LogP contribution in [0.3, 0.4) is 0 Å². The Morgan fingerprint density at radius 2 is 2.17 bits per heavy atom. The second-order valence-corrected chi connectivity index (χ2v) is 7.85. The summed E-state index contributed by atoms with van der Waals surface area (Å²) >= 11 is 0. The molecule has 130 valence electrons. The van der Waals surface area contributed by atoms with E-state index in [1.165, 1.54) is 11.4 Å². The molecule has 1 aromatic heterocycles. The number of imidazole rings is 1. The standard InChI is InChI=1S/C16H21N3O4S/c1-11-4-5-16(15(6-11)23-3)24(21,22)19-8-13-14(7-12(19)9-20)18(2)10-17-13/h4-6,10,12,20H,7-9H2,1-3H3. The Kier molecular flexibility index (Phi) is 4.37. The van der Waals surface area contributed by atoms with Crippen molar-refractivity contribution in [3.05, 3.63) is 41.5 Å². The maximum absolute atomic E-state index is 13.2. The molecule has 7 nitrogen and oxygen atoms in total. The van der Waals surface area contributed by atoms with Crippen molar-refractivity contribution in [2.45, 2.75) is 30.8 Å². The van der Waals surface area contributed by atoms with Crippen molar-refractivity contribution in [1.29, 1.82) is 0 Å². The normalized spacial score (nSPS) is 18.4. The zero-order valence-electron chi connectivity index (χ0n) is 13.9. The summed E-state index contributed by atoms with van der Waals surface area (Å²) in [5.41, 5.74) is 2.59. The highest BCUT2D eigenvalue weighted by Crippen LogP contribution is 2.32. The average Bonchev–Trinajstić information content (AvgIpc) is 2.93. The van der Waals surface area contributed by atoms with Crippen LogP contribution in [0.5, 0.6) is 5.75 Å². The molecule has 0 amide bonds. The van der Waals surface area contributed by atoms with Crippen LogP contribution in [0.4, 0.5) is 0 Å². The van der Waals surface area contributed by atoms with Crippen LogP contribution in [0.15, 0.2) is 29.4 Å². The Labute approximate surface area is 141 Å². The van der Waals surface area contributed by atoms with E-state index < -0.39 is 16.1 Å². The lowest BCUT2D eigenvalue weighted by Gasteiger charge is -2.33. The third kappa shape index (κ3) is 2.70. The van der Waals surface area contributed by atoms with E-state index in [1.54, 1.807) is 24.5 Å². The molecule has 0 saturated carbocycles. The number of aryl methyl sites for hydroxylation is 2. The predicted molar refractivity (Wildman–Crippen MR) is 88.2 cm³/mol. The first kappa shape index (κ1) is 16.9. The average molecular weight is 351 g/mol. The van der Waals surface area contributed by atoms with Crippen molar-refractivity contribution in [3.63, 3.8) is 0 Å². The number of hydrogen-bond acceptors (Lipinski definition) is 5. The maximum Gasteiger partial charge on any atom is 0.247 e. The molecule has 1 aliphatic rings. The number of ether oxygens (including phenoxy) is 1. The van der Waals surface area contributed by atoms with Gasteiger partial charge in [-0.3, -0.25) is 0 Å². The summed E-state index contributed by atoms with van der Waals surface area (Å²) in [6.45, 7) is 1.76. The van der Waals surface area contributed by atoms with E-state index in [4.69, 9.17) is 4.74 Å². The van der Waals surface area contributed by atoms with Gasteiger partial charge in [-0.15, -0.1) is 0 Å². The van der Waals surface area contributed by atoms with Gasteiger partial charge in [-0.1, -0.05) is 6.07 Å². The molecule has 1 N–H and O–H groups in total. The molecule has 2 aromatic rings. The van der Waals surface area contributed by atoms with Crippen molar-refractivity contribution in [1.82, 2.24) is 13.9 Å². The summed E-state index contributed by atoms with van der Waals surface area (Å²) in [5, 5.41) is 9.73. The Morgan fingerprint density at radius 1 is 1.42 bits per heavy atom. The van der Waals surface area contributed by atoms with Gasteiger partial charge in [0.1, 0.15) is 10.6 Å². The molecule has 0 radical (unpaired) electrons. The van der Waals surface area contributed by atoms with E-state index in [0.717, 1.165) is 17.0 Å². The van der Waals surface area contributed by atoms with Gasteiger partial charge in [0.2, 0.25) is 10.0 Å². The molecule has 3 rings (SSSR count). The van der Waals surface area contributed by atoms with Crippen molar-refractivity contribution in [3.8, 4) is 5.75 Å². The summed E-state index contributed by atoms with van der Waals surface area (Å²) in [6.07, 6.45) is 2.09. The zero-order valence-corrected chi connectivity index (χ0v) is 14.7. The monoisotopic (exact) mass is 351 g/mol. The summed E-state index contributed by atoms with van der Waals surface area (Å²) in [4.78, 5) is 4.39. The van der Waals surface area contributed by atoms with Crippen LogP contribution in [0, 0.1) is 6.92 Å². The lowest BCUT2D eigenvalue weighted by Crippen LogP contribution is -2.46. The Bertz CT molecular complexity index is 860. The highest BCUT2D eigenvalue weighted by Gasteiger charge is 2.38. The van der Waals surface area contributed by atoms with Gasteiger partial charge in [-0.2, -0.15) is 4.31 Å². The second kappa shape index (κ2) is 6.19. The SMILES string of the molecule is COc1cc(C)ccc1S(=O)(=O)N1Cc2ncn(C)c2CC1CO. The van der Waals surface area contributed by atoms with Crippen molar-refractivity contribution in [2.75, 3.05) is 13.7 Å². The first-order valence-corrected chi connectivity index (χ1v) is 9.09. The minimum Gasteiger partial charge on any atom is -0.495 e. The number of aliphatic hydroxyl groups is 1. The van der Waals surface area contributed by atoms with Gasteiger partial charge in [-0.05, 0) is 24.6 Å². The van der Waals surface area contributed by atoms with E-state index in [9.17, 15) is 13.5 Å². The van der Waals surface area contributed by atoms with Crippen LogP contribution in [-0.4, -0.2) is 47.1 Å². The summed E-state index contributed by atoms with van der Waals surface area (Å²) < 4.78 is 34.8. The molecule has 0 bridgehead atoms. The first-order chi connectivity index (χ1) is 11.4. The second-order valence-electron chi connectivity index (χ2n) is 5.99. The fourth-order valence-electron chi connectivity index (χ4n) is 3.05. The summed E-state index contributed by atoms with van der Waals surface area (Å²) in [7, 11) is -0.500. The fourth-order valence-corrected chi connectivity index (χ4v) is 4.77. The number of aliphatic hydroxyl groups excluding tert-OH is 1. The molecular weight excluding hydrogens is 330 g/mol. The van der Waals surface area contributed by atoms with Crippen LogP contribution < -0.4 is 4.74 Å². The molecule has 1 aliphatic heterocycles. The van der Waals surface area contributed by atoms with Gasteiger partial charge in [0, 0.05) is 19.2 Å². The summed E-state index contributed by atoms with van der Waals surface area (Å²) in [6, 6.07) is 4.45. The molecule has 1 atom stereocenters. The highest BCUT2D eigenvalue weighted by atomic mass is 32.2. The molecular formula is C16H21N3O4S. The Hall–Kier alpha value is -1.90. The molecule has 8 heteroatoms.